The molecule has 3 aromatic heterocycles. The van der Waals surface area contributed by atoms with Crippen molar-refractivity contribution in [1.82, 2.24) is 4.98 Å². The maximum Gasteiger partial charge on any atom is 0.154 e. The molecular weight excluding hydrogens is 480 g/mol. The number of nitriles is 1. The van der Waals surface area contributed by atoms with Gasteiger partial charge in [0, 0.05) is 20.9 Å². The van der Waals surface area contributed by atoms with Crippen molar-refractivity contribution in [3.05, 3.63) is 69.3 Å². The number of nitrogens with zero attached hydrogens (tertiary/aromatic N) is 2. The predicted molar refractivity (Wildman–Crippen MR) is 127 cm³/mol. The molecule has 146 valence electrons. The first-order chi connectivity index (χ1) is 14.6. The molecule has 0 amide bonds. The highest BCUT2D eigenvalue weighted by Crippen LogP contribution is 2.46. The monoisotopic (exact) mass is 492 g/mol. The van der Waals surface area contributed by atoms with Gasteiger partial charge in [-0.05, 0) is 36.4 Å². The summed E-state index contributed by atoms with van der Waals surface area (Å²) in [6, 6.07) is 19.8. The number of nitrogens with one attached hydrogen (secondary N) is 1. The number of benzene rings is 2. The first-order valence-electron chi connectivity index (χ1n) is 8.92. The number of halogens is 1. The molecule has 0 spiro atoms. The normalized spacial score (nSPS) is 10.9. The van der Waals surface area contributed by atoms with Gasteiger partial charge in [-0.3, -0.25) is 0 Å². The molecule has 3 heterocycles. The zero-order valence-electron chi connectivity index (χ0n) is 15.3. The van der Waals surface area contributed by atoms with Crippen LogP contribution in [0.25, 0.3) is 33.0 Å². The van der Waals surface area contributed by atoms with E-state index in [1.54, 1.807) is 0 Å². The minimum absolute atomic E-state index is 0.440. The Kier molecular flexibility index (Phi) is 4.79. The molecule has 0 saturated carbocycles. The number of fused-ring (bicyclic) bond motifs is 1. The van der Waals surface area contributed by atoms with Gasteiger partial charge in [-0.1, -0.05) is 34.1 Å². The van der Waals surface area contributed by atoms with E-state index in [-0.39, 0.29) is 0 Å². The van der Waals surface area contributed by atoms with Crippen LogP contribution in [0.1, 0.15) is 4.88 Å². The standard InChI is InChI=1S/C22H13BrN4OS2/c23-13-6-7-16-12(8-13)9-17(28-16)15-11-29-21(27-15)19-20(25)18(10-24)30-22(19)26-14-4-2-1-3-5-14/h1-9,11,26H,25H2. The van der Waals surface area contributed by atoms with Gasteiger partial charge in [0.05, 0.1) is 11.3 Å². The molecule has 8 heteroatoms. The first-order valence-corrected chi connectivity index (χ1v) is 11.4. The predicted octanol–water partition coefficient (Wildman–Crippen LogP) is 7.24. The van der Waals surface area contributed by atoms with Crippen molar-refractivity contribution in [3.63, 3.8) is 0 Å². The molecule has 30 heavy (non-hydrogen) atoms. The van der Waals surface area contributed by atoms with Crippen molar-refractivity contribution in [3.8, 4) is 28.1 Å². The van der Waals surface area contributed by atoms with Gasteiger partial charge in [0.1, 0.15) is 32.2 Å². The van der Waals surface area contributed by atoms with Gasteiger partial charge >= 0.3 is 0 Å². The molecule has 3 N–H and O–H groups in total. The molecule has 5 nitrogen and oxygen atoms in total. The van der Waals surface area contributed by atoms with E-state index in [1.165, 1.54) is 22.7 Å². The number of anilines is 3. The third-order valence-electron chi connectivity index (χ3n) is 4.53. The van der Waals surface area contributed by atoms with E-state index < -0.39 is 0 Å². The fourth-order valence-electron chi connectivity index (χ4n) is 3.12. The highest BCUT2D eigenvalue weighted by molar-refractivity contribution is 9.10. The van der Waals surface area contributed by atoms with Crippen LogP contribution in [0.5, 0.6) is 0 Å². The lowest BCUT2D eigenvalue weighted by Crippen LogP contribution is -1.92. The molecule has 2 aromatic carbocycles. The lowest BCUT2D eigenvalue weighted by Gasteiger charge is -2.06. The maximum absolute atomic E-state index is 9.47. The van der Waals surface area contributed by atoms with E-state index in [4.69, 9.17) is 15.1 Å². The number of aromatic nitrogens is 1. The molecule has 5 aromatic rings. The van der Waals surface area contributed by atoms with Crippen molar-refractivity contribution >= 4 is 65.9 Å². The third kappa shape index (κ3) is 3.37. The molecule has 0 saturated heterocycles. The minimum Gasteiger partial charge on any atom is -0.454 e. The SMILES string of the molecule is N#Cc1sc(Nc2ccccc2)c(-c2nc(-c3cc4cc(Br)ccc4o3)cs2)c1N. The second-order valence-corrected chi connectivity index (χ2v) is 9.28. The molecule has 0 aliphatic carbocycles. The summed E-state index contributed by atoms with van der Waals surface area (Å²) in [4.78, 5) is 5.24. The smallest absolute Gasteiger partial charge is 0.154 e. The van der Waals surface area contributed by atoms with Crippen LogP contribution in [-0.4, -0.2) is 4.98 Å². The Bertz CT molecular complexity index is 1410. The summed E-state index contributed by atoms with van der Waals surface area (Å²) in [5, 5.41) is 17.3. The Balaban J connectivity index is 1.57. The van der Waals surface area contributed by atoms with E-state index in [9.17, 15) is 5.26 Å². The zero-order valence-corrected chi connectivity index (χ0v) is 18.6. The highest BCUT2D eigenvalue weighted by atomic mass is 79.9. The average Bonchev–Trinajstić information content (AvgIpc) is 3.45. The molecular formula is C22H13BrN4OS2. The Hall–Kier alpha value is -3.12. The van der Waals surface area contributed by atoms with Gasteiger partial charge in [-0.15, -0.1) is 22.7 Å². The largest absolute Gasteiger partial charge is 0.454 e. The van der Waals surface area contributed by atoms with Crippen LogP contribution in [0.15, 0.2) is 68.9 Å². The summed E-state index contributed by atoms with van der Waals surface area (Å²) >= 11 is 6.28. The Morgan fingerprint density at radius 3 is 2.77 bits per heavy atom. The highest BCUT2D eigenvalue weighted by Gasteiger charge is 2.21. The third-order valence-corrected chi connectivity index (χ3v) is 6.91. The molecule has 5 rings (SSSR count). The number of hydrogen-bond donors (Lipinski definition) is 2. The van der Waals surface area contributed by atoms with Gasteiger partial charge in [-0.25, -0.2) is 4.98 Å². The van der Waals surface area contributed by atoms with E-state index in [0.29, 0.717) is 16.3 Å². The van der Waals surface area contributed by atoms with Crippen LogP contribution in [0, 0.1) is 11.3 Å². The molecule has 0 aliphatic heterocycles. The molecule has 0 atom stereocenters. The molecule has 0 bridgehead atoms. The maximum atomic E-state index is 9.47. The average molecular weight is 493 g/mol. The Morgan fingerprint density at radius 2 is 1.97 bits per heavy atom. The zero-order chi connectivity index (χ0) is 20.7. The Labute approximate surface area is 188 Å². The molecule has 0 unspecified atom stereocenters. The van der Waals surface area contributed by atoms with Crippen molar-refractivity contribution in [2.45, 2.75) is 0 Å². The van der Waals surface area contributed by atoms with Gasteiger partial charge in [0.15, 0.2) is 5.76 Å². The van der Waals surface area contributed by atoms with Crippen molar-refractivity contribution < 1.29 is 4.42 Å². The van der Waals surface area contributed by atoms with Crippen molar-refractivity contribution in [2.24, 2.45) is 0 Å². The number of thiazole rings is 1. The summed E-state index contributed by atoms with van der Waals surface area (Å²) in [6.07, 6.45) is 0. The van der Waals surface area contributed by atoms with Crippen LogP contribution in [0.4, 0.5) is 16.4 Å². The lowest BCUT2D eigenvalue weighted by molar-refractivity contribution is 0.629. The van der Waals surface area contributed by atoms with E-state index in [2.05, 4.69) is 27.3 Å². The van der Waals surface area contributed by atoms with Gasteiger partial charge in [0.25, 0.3) is 0 Å². The van der Waals surface area contributed by atoms with Crippen molar-refractivity contribution in [2.75, 3.05) is 11.1 Å². The number of thiophene rings is 1. The van der Waals surface area contributed by atoms with Crippen LogP contribution in [0.3, 0.4) is 0 Å². The number of hydrogen-bond acceptors (Lipinski definition) is 7. The fraction of sp³-hybridized carbons (Fsp3) is 0. The van der Waals surface area contributed by atoms with Crippen LogP contribution in [0.2, 0.25) is 0 Å². The van der Waals surface area contributed by atoms with Crippen LogP contribution < -0.4 is 11.1 Å². The van der Waals surface area contributed by atoms with E-state index in [0.717, 1.165) is 42.4 Å². The summed E-state index contributed by atoms with van der Waals surface area (Å²) in [6.45, 7) is 0. The van der Waals surface area contributed by atoms with E-state index in [1.807, 2.05) is 60.0 Å². The minimum atomic E-state index is 0.440. The number of nitrogens with two attached hydrogens (primary N) is 1. The Morgan fingerprint density at radius 1 is 1.13 bits per heavy atom. The molecule has 0 aliphatic rings. The summed E-state index contributed by atoms with van der Waals surface area (Å²) < 4.78 is 6.96. The summed E-state index contributed by atoms with van der Waals surface area (Å²) in [7, 11) is 0. The van der Waals surface area contributed by atoms with Gasteiger partial charge in [-0.2, -0.15) is 5.26 Å². The number of nitrogen functional groups attached to an aromatic ring is 1. The summed E-state index contributed by atoms with van der Waals surface area (Å²) in [5.41, 5.74) is 9.95. The second-order valence-electron chi connectivity index (χ2n) is 6.48. The fourth-order valence-corrected chi connectivity index (χ4v) is 5.38. The molecule has 0 radical (unpaired) electrons. The lowest BCUT2D eigenvalue weighted by atomic mass is 10.2. The first kappa shape index (κ1) is 18.9. The van der Waals surface area contributed by atoms with E-state index >= 15 is 0 Å². The van der Waals surface area contributed by atoms with Gasteiger partial charge in [0.2, 0.25) is 0 Å². The number of para-hydroxylation sites is 1. The molecule has 0 fully saturated rings. The topological polar surface area (TPSA) is 87.9 Å². The van der Waals surface area contributed by atoms with Crippen LogP contribution >= 0.6 is 38.6 Å². The number of furan rings is 1. The second kappa shape index (κ2) is 7.61. The number of rotatable bonds is 4. The van der Waals surface area contributed by atoms with Crippen LogP contribution in [-0.2, 0) is 0 Å². The van der Waals surface area contributed by atoms with Crippen molar-refractivity contribution in [1.29, 1.82) is 5.26 Å². The quantitative estimate of drug-likeness (QED) is 0.275. The van der Waals surface area contributed by atoms with Gasteiger partial charge < -0.3 is 15.5 Å². The summed E-state index contributed by atoms with van der Waals surface area (Å²) in [5.74, 6) is 0.692.